The summed E-state index contributed by atoms with van der Waals surface area (Å²) in [6, 6.07) is 8.03. The molecule has 1 aliphatic heterocycles. The number of sulfonamides is 1. The molecule has 3 rings (SSSR count). The number of anilines is 3. The van der Waals surface area contributed by atoms with Gasteiger partial charge in [-0.25, -0.2) is 13.6 Å². The van der Waals surface area contributed by atoms with E-state index in [9.17, 15) is 21.6 Å². The summed E-state index contributed by atoms with van der Waals surface area (Å²) in [4.78, 5) is 0.360. The van der Waals surface area contributed by atoms with E-state index in [0.29, 0.717) is 16.8 Å². The summed E-state index contributed by atoms with van der Waals surface area (Å²) in [5.74, 6) is 0. The minimum absolute atomic E-state index is 0.0205. The van der Waals surface area contributed by atoms with Crippen molar-refractivity contribution in [3.63, 3.8) is 0 Å². The summed E-state index contributed by atoms with van der Waals surface area (Å²) < 4.78 is 63.0. The van der Waals surface area contributed by atoms with Crippen LogP contribution in [0.1, 0.15) is 5.56 Å². The van der Waals surface area contributed by atoms with E-state index in [1.54, 1.807) is 24.3 Å². The molecule has 25 heavy (non-hydrogen) atoms. The van der Waals surface area contributed by atoms with Crippen molar-refractivity contribution < 1.29 is 21.6 Å². The van der Waals surface area contributed by atoms with Crippen molar-refractivity contribution in [2.24, 2.45) is 10.9 Å². The van der Waals surface area contributed by atoms with Crippen LogP contribution in [0.15, 0.2) is 41.3 Å². The Morgan fingerprint density at radius 1 is 1.16 bits per heavy atom. The molecule has 2 aromatic rings. The Kier molecular flexibility index (Phi) is 4.11. The monoisotopic (exact) mass is 392 g/mol. The van der Waals surface area contributed by atoms with E-state index in [1.165, 1.54) is 4.90 Å². The third-order valence-corrected chi connectivity index (χ3v) is 4.93. The Labute approximate surface area is 146 Å². The van der Waals surface area contributed by atoms with Gasteiger partial charge in [0.25, 0.3) is 0 Å². The molecule has 2 aromatic carbocycles. The molecule has 0 aromatic heterocycles. The molecule has 11 heteroatoms. The molecule has 0 bridgehead atoms. The van der Waals surface area contributed by atoms with Gasteiger partial charge in [0.1, 0.15) is 0 Å². The zero-order valence-electron chi connectivity index (χ0n) is 12.4. The first-order valence-corrected chi connectivity index (χ1v) is 8.76. The molecule has 0 saturated heterocycles. The van der Waals surface area contributed by atoms with Crippen molar-refractivity contribution >= 4 is 38.7 Å². The largest absolute Gasteiger partial charge is 0.417 e. The van der Waals surface area contributed by atoms with E-state index in [2.05, 4.69) is 5.32 Å². The van der Waals surface area contributed by atoms with Crippen LogP contribution >= 0.6 is 11.6 Å². The van der Waals surface area contributed by atoms with Crippen molar-refractivity contribution in [2.75, 3.05) is 10.2 Å². The van der Waals surface area contributed by atoms with E-state index >= 15 is 0 Å². The molecular formula is C14H12ClF3N4O2S. The minimum atomic E-state index is -4.90. The number of hydrogen-bond acceptors (Lipinski definition) is 5. The number of alkyl halides is 3. The van der Waals surface area contributed by atoms with Crippen LogP contribution in [0.3, 0.4) is 0 Å². The smallest absolute Gasteiger partial charge is 0.351 e. The Morgan fingerprint density at radius 3 is 2.36 bits per heavy atom. The lowest BCUT2D eigenvalue weighted by molar-refractivity contribution is -0.139. The molecule has 134 valence electrons. The van der Waals surface area contributed by atoms with Crippen LogP contribution in [-0.2, 0) is 16.2 Å². The van der Waals surface area contributed by atoms with Crippen LogP contribution < -0.4 is 21.1 Å². The Bertz CT molecular complexity index is 950. The average Bonchev–Trinajstić information content (AvgIpc) is 2.80. The van der Waals surface area contributed by atoms with E-state index in [4.69, 9.17) is 22.5 Å². The maximum atomic E-state index is 13.2. The lowest BCUT2D eigenvalue weighted by Crippen LogP contribution is -2.40. The van der Waals surface area contributed by atoms with Crippen LogP contribution in [0.25, 0.3) is 0 Å². The van der Waals surface area contributed by atoms with Gasteiger partial charge in [0.15, 0.2) is 6.29 Å². The molecule has 1 atom stereocenters. The average molecular weight is 393 g/mol. The zero-order chi connectivity index (χ0) is 18.6. The topological polar surface area (TPSA) is 101 Å². The quantitative estimate of drug-likeness (QED) is 0.729. The third-order valence-electron chi connectivity index (χ3n) is 3.66. The van der Waals surface area contributed by atoms with Gasteiger partial charge >= 0.3 is 6.18 Å². The fourth-order valence-corrected chi connectivity index (χ4v) is 3.63. The normalized spacial score (nSPS) is 17.4. The molecule has 1 aliphatic rings. The van der Waals surface area contributed by atoms with Gasteiger partial charge in [-0.3, -0.25) is 5.73 Å². The number of nitrogens with one attached hydrogen (secondary N) is 1. The molecule has 0 amide bonds. The van der Waals surface area contributed by atoms with E-state index in [-0.39, 0.29) is 11.4 Å². The number of nitrogens with two attached hydrogens (primary N) is 2. The number of para-hydroxylation sites is 1. The van der Waals surface area contributed by atoms with Crippen LogP contribution in [0.4, 0.5) is 30.2 Å². The van der Waals surface area contributed by atoms with Crippen molar-refractivity contribution in [1.29, 1.82) is 0 Å². The van der Waals surface area contributed by atoms with E-state index in [1.807, 2.05) is 0 Å². The standard InChI is InChI=1S/C14H12ClF3N4O2S/c15-8-3-1-2-4-10(8)22-11-6-12(25(20,23)24)7(14(16,17)18)5-9(11)21-13(22)19/h1-6,13,21H,19H2,(H2,20,23,24). The fourth-order valence-electron chi connectivity index (χ4n) is 2.64. The maximum Gasteiger partial charge on any atom is 0.417 e. The van der Waals surface area contributed by atoms with E-state index in [0.717, 1.165) is 6.07 Å². The van der Waals surface area contributed by atoms with Gasteiger partial charge in [0.05, 0.1) is 32.5 Å². The van der Waals surface area contributed by atoms with Gasteiger partial charge in [-0.05, 0) is 24.3 Å². The van der Waals surface area contributed by atoms with Gasteiger partial charge in [-0.2, -0.15) is 13.2 Å². The van der Waals surface area contributed by atoms with Crippen molar-refractivity contribution in [1.82, 2.24) is 0 Å². The zero-order valence-corrected chi connectivity index (χ0v) is 14.0. The Morgan fingerprint density at radius 2 is 1.80 bits per heavy atom. The summed E-state index contributed by atoms with van der Waals surface area (Å²) in [5, 5.41) is 7.94. The lowest BCUT2D eigenvalue weighted by atomic mass is 10.1. The summed E-state index contributed by atoms with van der Waals surface area (Å²) in [6.07, 6.45) is -5.84. The first-order chi connectivity index (χ1) is 11.5. The van der Waals surface area contributed by atoms with Gasteiger partial charge < -0.3 is 10.2 Å². The van der Waals surface area contributed by atoms with Crippen LogP contribution in [0, 0.1) is 0 Å². The third kappa shape index (κ3) is 3.13. The second-order valence-corrected chi connectivity index (χ2v) is 7.26. The Balaban J connectivity index is 2.27. The summed E-state index contributed by atoms with van der Waals surface area (Å²) in [5.41, 5.74) is 5.13. The lowest BCUT2D eigenvalue weighted by Gasteiger charge is -2.25. The molecule has 6 nitrogen and oxygen atoms in total. The summed E-state index contributed by atoms with van der Waals surface area (Å²) in [7, 11) is -4.62. The molecule has 0 saturated carbocycles. The second-order valence-electron chi connectivity index (χ2n) is 5.32. The van der Waals surface area contributed by atoms with Gasteiger partial charge in [0, 0.05) is 0 Å². The molecule has 1 heterocycles. The highest BCUT2D eigenvalue weighted by atomic mass is 35.5. The van der Waals surface area contributed by atoms with Gasteiger partial charge in [-0.1, -0.05) is 23.7 Å². The predicted molar refractivity (Wildman–Crippen MR) is 88.0 cm³/mol. The number of nitrogens with zero attached hydrogens (tertiary/aromatic N) is 1. The molecule has 0 spiro atoms. The minimum Gasteiger partial charge on any atom is -0.351 e. The maximum absolute atomic E-state index is 13.2. The predicted octanol–water partition coefficient (Wildman–Crippen LogP) is 2.81. The molecular weight excluding hydrogens is 381 g/mol. The molecule has 1 unspecified atom stereocenters. The molecule has 0 aliphatic carbocycles. The van der Waals surface area contributed by atoms with Crippen molar-refractivity contribution in [2.45, 2.75) is 17.4 Å². The highest BCUT2D eigenvalue weighted by molar-refractivity contribution is 7.89. The number of benzene rings is 2. The second kappa shape index (κ2) is 5.77. The first kappa shape index (κ1) is 17.8. The van der Waals surface area contributed by atoms with Crippen molar-refractivity contribution in [3.05, 3.63) is 47.0 Å². The number of hydrogen-bond donors (Lipinski definition) is 3. The summed E-state index contributed by atoms with van der Waals surface area (Å²) in [6.45, 7) is 0. The fraction of sp³-hybridized carbons (Fsp3) is 0.143. The highest BCUT2D eigenvalue weighted by Gasteiger charge is 2.40. The SMILES string of the molecule is NC1Nc2cc(C(F)(F)F)c(S(N)(=O)=O)cc2N1c1ccccc1Cl. The van der Waals surface area contributed by atoms with Gasteiger partial charge in [-0.15, -0.1) is 0 Å². The number of fused-ring (bicyclic) bond motifs is 1. The van der Waals surface area contributed by atoms with Crippen molar-refractivity contribution in [3.8, 4) is 0 Å². The van der Waals surface area contributed by atoms with Gasteiger partial charge in [0.2, 0.25) is 10.0 Å². The molecule has 0 fully saturated rings. The summed E-state index contributed by atoms with van der Waals surface area (Å²) >= 11 is 6.12. The molecule has 0 radical (unpaired) electrons. The van der Waals surface area contributed by atoms with E-state index < -0.39 is 32.9 Å². The van der Waals surface area contributed by atoms with Crippen LogP contribution in [0.5, 0.6) is 0 Å². The van der Waals surface area contributed by atoms with Crippen LogP contribution in [-0.4, -0.2) is 14.7 Å². The van der Waals surface area contributed by atoms with Crippen LogP contribution in [0.2, 0.25) is 5.02 Å². The number of rotatable bonds is 2. The number of primary sulfonamides is 1. The first-order valence-electron chi connectivity index (χ1n) is 6.84. The number of halogens is 4. The Hall–Kier alpha value is -2.01. The molecule has 5 N–H and O–H groups in total. The highest BCUT2D eigenvalue weighted by Crippen LogP contribution is 2.46.